The summed E-state index contributed by atoms with van der Waals surface area (Å²) in [5.74, 6) is 0.625. The molecule has 0 spiro atoms. The third kappa shape index (κ3) is 3.53. The zero-order valence-electron chi connectivity index (χ0n) is 12.3. The Labute approximate surface area is 123 Å². The van der Waals surface area contributed by atoms with Crippen LogP contribution in [0, 0.1) is 0 Å². The van der Waals surface area contributed by atoms with Crippen LogP contribution >= 0.6 is 0 Å². The van der Waals surface area contributed by atoms with Crippen molar-refractivity contribution in [3.05, 3.63) is 35.5 Å². The number of nitrogens with zero attached hydrogens (tertiary/aromatic N) is 1. The number of aryl methyl sites for hydroxylation is 1. The highest BCUT2D eigenvalue weighted by Gasteiger charge is 2.17. The predicted octanol–water partition coefficient (Wildman–Crippen LogP) is 2.60. The molecular weight excluding hydrogens is 268 g/mol. The summed E-state index contributed by atoms with van der Waals surface area (Å²) in [5.41, 5.74) is 7.59. The van der Waals surface area contributed by atoms with Crippen LogP contribution in [0.5, 0.6) is 5.75 Å². The van der Waals surface area contributed by atoms with Gasteiger partial charge in [0.25, 0.3) is 5.91 Å². The van der Waals surface area contributed by atoms with Gasteiger partial charge in [-0.2, -0.15) is 5.10 Å². The summed E-state index contributed by atoms with van der Waals surface area (Å²) >= 11 is 0. The van der Waals surface area contributed by atoms with Gasteiger partial charge in [-0.25, -0.2) is 0 Å². The molecule has 6 heteroatoms. The van der Waals surface area contributed by atoms with E-state index in [0.29, 0.717) is 29.4 Å². The second-order valence-corrected chi connectivity index (χ2v) is 4.64. The minimum absolute atomic E-state index is 0.328. The molecule has 6 nitrogen and oxygen atoms in total. The van der Waals surface area contributed by atoms with E-state index < -0.39 is 0 Å². The fourth-order valence-corrected chi connectivity index (χ4v) is 2.07. The Balaban J connectivity index is 2.19. The summed E-state index contributed by atoms with van der Waals surface area (Å²) in [6.45, 7) is 4.40. The van der Waals surface area contributed by atoms with Crippen LogP contribution in [0.25, 0.3) is 0 Å². The topological polar surface area (TPSA) is 93.0 Å². The first-order valence-corrected chi connectivity index (χ1v) is 7.02. The maximum atomic E-state index is 12.4. The van der Waals surface area contributed by atoms with Gasteiger partial charge in [0.1, 0.15) is 11.3 Å². The summed E-state index contributed by atoms with van der Waals surface area (Å²) in [4.78, 5) is 12.4. The van der Waals surface area contributed by atoms with Gasteiger partial charge < -0.3 is 15.8 Å². The van der Waals surface area contributed by atoms with Gasteiger partial charge >= 0.3 is 0 Å². The Hall–Kier alpha value is -2.50. The number of amides is 1. The van der Waals surface area contributed by atoms with Gasteiger partial charge in [0.15, 0.2) is 5.82 Å². The normalized spacial score (nSPS) is 10.4. The number of benzene rings is 1. The van der Waals surface area contributed by atoms with E-state index in [1.54, 1.807) is 18.2 Å². The Kier molecular flexibility index (Phi) is 4.81. The molecule has 1 aromatic heterocycles. The lowest BCUT2D eigenvalue weighted by molar-refractivity contribution is 0.102. The quantitative estimate of drug-likeness (QED) is 0.712. The van der Waals surface area contributed by atoms with Crippen LogP contribution in [0.2, 0.25) is 0 Å². The molecule has 0 saturated heterocycles. The summed E-state index contributed by atoms with van der Waals surface area (Å²) < 4.78 is 5.45. The molecule has 2 aromatic rings. The maximum Gasteiger partial charge on any atom is 0.262 e. The van der Waals surface area contributed by atoms with E-state index in [9.17, 15) is 4.79 Å². The van der Waals surface area contributed by atoms with Crippen LogP contribution in [0.4, 0.5) is 11.5 Å². The first-order chi connectivity index (χ1) is 10.2. The molecule has 112 valence electrons. The molecule has 0 atom stereocenters. The molecule has 0 aliphatic carbocycles. The van der Waals surface area contributed by atoms with Crippen molar-refractivity contribution in [2.45, 2.75) is 26.7 Å². The van der Waals surface area contributed by atoms with Crippen LogP contribution in [-0.4, -0.2) is 22.7 Å². The number of ether oxygens (including phenoxy) is 1. The molecule has 0 aliphatic rings. The third-order valence-corrected chi connectivity index (χ3v) is 2.98. The minimum Gasteiger partial charge on any atom is -0.493 e. The Morgan fingerprint density at radius 3 is 2.95 bits per heavy atom. The van der Waals surface area contributed by atoms with E-state index in [4.69, 9.17) is 10.5 Å². The number of hydrogen-bond donors (Lipinski definition) is 3. The van der Waals surface area contributed by atoms with Crippen LogP contribution < -0.4 is 15.8 Å². The SMILES string of the molecule is CCCc1cc(NC(=O)c2c(N)cccc2OCC)n[nH]1. The second-order valence-electron chi connectivity index (χ2n) is 4.64. The highest BCUT2D eigenvalue weighted by molar-refractivity contribution is 6.09. The number of nitrogens with one attached hydrogen (secondary N) is 2. The van der Waals surface area contributed by atoms with E-state index in [0.717, 1.165) is 18.5 Å². The van der Waals surface area contributed by atoms with Crippen LogP contribution in [0.3, 0.4) is 0 Å². The largest absolute Gasteiger partial charge is 0.493 e. The Morgan fingerprint density at radius 2 is 2.24 bits per heavy atom. The zero-order valence-corrected chi connectivity index (χ0v) is 12.3. The lowest BCUT2D eigenvalue weighted by atomic mass is 10.1. The summed E-state index contributed by atoms with van der Waals surface area (Å²) in [7, 11) is 0. The van der Waals surface area contributed by atoms with E-state index >= 15 is 0 Å². The Bertz CT molecular complexity index is 622. The molecule has 1 heterocycles. The Morgan fingerprint density at radius 1 is 1.43 bits per heavy atom. The number of H-pyrrole nitrogens is 1. The first kappa shape index (κ1) is 14.9. The molecule has 0 saturated carbocycles. The maximum absolute atomic E-state index is 12.4. The van der Waals surface area contributed by atoms with Gasteiger partial charge in [-0.3, -0.25) is 9.89 Å². The van der Waals surface area contributed by atoms with Crippen molar-refractivity contribution in [3.8, 4) is 5.75 Å². The van der Waals surface area contributed by atoms with Crippen molar-refractivity contribution in [1.29, 1.82) is 0 Å². The van der Waals surface area contributed by atoms with Gasteiger partial charge in [-0.1, -0.05) is 19.4 Å². The molecule has 0 radical (unpaired) electrons. The van der Waals surface area contributed by atoms with Crippen LogP contribution in [0.1, 0.15) is 36.3 Å². The number of carbonyl (C=O) groups excluding carboxylic acids is 1. The van der Waals surface area contributed by atoms with E-state index in [-0.39, 0.29) is 5.91 Å². The number of carbonyl (C=O) groups is 1. The summed E-state index contributed by atoms with van der Waals surface area (Å²) in [5, 5.41) is 9.69. The molecule has 0 fully saturated rings. The van der Waals surface area contributed by atoms with Crippen molar-refractivity contribution >= 4 is 17.4 Å². The zero-order chi connectivity index (χ0) is 15.2. The van der Waals surface area contributed by atoms with E-state index in [2.05, 4.69) is 22.4 Å². The van der Waals surface area contributed by atoms with Gasteiger partial charge in [0.2, 0.25) is 0 Å². The highest BCUT2D eigenvalue weighted by Crippen LogP contribution is 2.25. The molecule has 0 unspecified atom stereocenters. The number of aromatic nitrogens is 2. The minimum atomic E-state index is -0.328. The lowest BCUT2D eigenvalue weighted by Gasteiger charge is -2.11. The van der Waals surface area contributed by atoms with Gasteiger partial charge in [0.05, 0.1) is 6.61 Å². The van der Waals surface area contributed by atoms with Crippen LogP contribution in [-0.2, 0) is 6.42 Å². The van der Waals surface area contributed by atoms with Crippen molar-refractivity contribution in [1.82, 2.24) is 10.2 Å². The summed E-state index contributed by atoms with van der Waals surface area (Å²) in [6.07, 6.45) is 1.90. The van der Waals surface area contributed by atoms with E-state index in [1.165, 1.54) is 0 Å². The number of nitrogens with two attached hydrogens (primary N) is 1. The fourth-order valence-electron chi connectivity index (χ4n) is 2.07. The van der Waals surface area contributed by atoms with Crippen LogP contribution in [0.15, 0.2) is 24.3 Å². The molecule has 2 rings (SSSR count). The molecule has 1 amide bonds. The highest BCUT2D eigenvalue weighted by atomic mass is 16.5. The second kappa shape index (κ2) is 6.78. The molecule has 0 bridgehead atoms. The lowest BCUT2D eigenvalue weighted by Crippen LogP contribution is -2.16. The molecule has 1 aromatic carbocycles. The fraction of sp³-hybridized carbons (Fsp3) is 0.333. The molecule has 21 heavy (non-hydrogen) atoms. The number of rotatable bonds is 6. The molecule has 4 N–H and O–H groups in total. The number of anilines is 2. The van der Waals surface area contributed by atoms with Crippen molar-refractivity contribution in [3.63, 3.8) is 0 Å². The van der Waals surface area contributed by atoms with Gasteiger partial charge in [-0.15, -0.1) is 0 Å². The average Bonchev–Trinajstić information content (AvgIpc) is 2.87. The summed E-state index contributed by atoms with van der Waals surface area (Å²) in [6, 6.07) is 6.97. The number of nitrogen functional groups attached to an aromatic ring is 1. The standard InChI is InChI=1S/C15H20N4O2/c1-3-6-10-9-13(19-18-10)17-15(20)14-11(16)7-5-8-12(14)21-4-2/h5,7-9H,3-4,6,16H2,1-2H3,(H2,17,18,19,20). The monoisotopic (exact) mass is 288 g/mol. The van der Waals surface area contributed by atoms with Gasteiger partial charge in [0, 0.05) is 17.4 Å². The number of aromatic amines is 1. The van der Waals surface area contributed by atoms with Crippen molar-refractivity contribution < 1.29 is 9.53 Å². The first-order valence-electron chi connectivity index (χ1n) is 7.02. The van der Waals surface area contributed by atoms with Crippen molar-refractivity contribution in [2.24, 2.45) is 0 Å². The smallest absolute Gasteiger partial charge is 0.262 e. The molecular formula is C15H20N4O2. The third-order valence-electron chi connectivity index (χ3n) is 2.98. The van der Waals surface area contributed by atoms with Crippen molar-refractivity contribution in [2.75, 3.05) is 17.7 Å². The average molecular weight is 288 g/mol. The van der Waals surface area contributed by atoms with E-state index in [1.807, 2.05) is 13.0 Å². The molecule has 0 aliphatic heterocycles. The number of hydrogen-bond acceptors (Lipinski definition) is 4. The predicted molar refractivity (Wildman–Crippen MR) is 82.6 cm³/mol. The van der Waals surface area contributed by atoms with Gasteiger partial charge in [-0.05, 0) is 25.5 Å².